The van der Waals surface area contributed by atoms with Crippen molar-refractivity contribution in [2.75, 3.05) is 0 Å². The van der Waals surface area contributed by atoms with Crippen LogP contribution in [0.3, 0.4) is 0 Å². The number of aliphatic hydroxyl groups is 1. The second-order valence-electron chi connectivity index (χ2n) is 4.97. The molecule has 0 bridgehead atoms. The minimum Gasteiger partial charge on any atom is -0.388 e. The molecule has 4 heteroatoms. The van der Waals surface area contributed by atoms with Crippen molar-refractivity contribution < 1.29 is 5.11 Å². The zero-order chi connectivity index (χ0) is 14.7. The van der Waals surface area contributed by atoms with Gasteiger partial charge >= 0.3 is 0 Å². The number of benzene rings is 1. The van der Waals surface area contributed by atoms with E-state index in [1.165, 1.54) is 0 Å². The van der Waals surface area contributed by atoms with Crippen LogP contribution >= 0.6 is 11.6 Å². The fourth-order valence-corrected chi connectivity index (χ4v) is 2.60. The summed E-state index contributed by atoms with van der Waals surface area (Å²) >= 11 is 6.12. The molecule has 1 atom stereocenters. The predicted octanol–water partition coefficient (Wildman–Crippen LogP) is 3.70. The summed E-state index contributed by atoms with van der Waals surface area (Å²) in [5, 5.41) is 15.7. The van der Waals surface area contributed by atoms with Gasteiger partial charge < -0.3 is 5.11 Å². The van der Waals surface area contributed by atoms with Crippen molar-refractivity contribution >= 4 is 11.6 Å². The maximum atomic E-state index is 10.5. The summed E-state index contributed by atoms with van der Waals surface area (Å²) in [7, 11) is 0. The fourth-order valence-electron chi connectivity index (χ4n) is 2.42. The molecule has 108 valence electrons. The zero-order valence-electron chi connectivity index (χ0n) is 12.2. The van der Waals surface area contributed by atoms with Crippen molar-refractivity contribution in [2.24, 2.45) is 0 Å². The number of halogens is 1. The van der Waals surface area contributed by atoms with Crippen LogP contribution in [0.4, 0.5) is 0 Å². The average Bonchev–Trinajstić information content (AvgIpc) is 2.84. The second-order valence-corrected chi connectivity index (χ2v) is 5.38. The minimum absolute atomic E-state index is 0.555. The van der Waals surface area contributed by atoms with E-state index >= 15 is 0 Å². The van der Waals surface area contributed by atoms with Gasteiger partial charge in [-0.1, -0.05) is 30.7 Å². The van der Waals surface area contributed by atoms with Crippen LogP contribution in [0, 0.1) is 6.92 Å². The summed E-state index contributed by atoms with van der Waals surface area (Å²) < 4.78 is 1.96. The van der Waals surface area contributed by atoms with E-state index in [4.69, 9.17) is 11.6 Å². The van der Waals surface area contributed by atoms with Gasteiger partial charge in [0.1, 0.15) is 0 Å². The van der Waals surface area contributed by atoms with Crippen molar-refractivity contribution in [1.29, 1.82) is 0 Å². The summed E-state index contributed by atoms with van der Waals surface area (Å²) in [5.74, 6) is 0. The summed E-state index contributed by atoms with van der Waals surface area (Å²) in [5.41, 5.74) is 3.97. The first kappa shape index (κ1) is 15.1. The Morgan fingerprint density at radius 2 is 2.10 bits per heavy atom. The SMILES string of the molecule is CCc1cc(CC(O)c2cccc(Cl)c2C)n(CC)n1. The van der Waals surface area contributed by atoms with Gasteiger partial charge in [0.05, 0.1) is 11.8 Å². The Balaban J connectivity index is 2.25. The van der Waals surface area contributed by atoms with Crippen molar-refractivity contribution in [1.82, 2.24) is 9.78 Å². The fraction of sp³-hybridized carbons (Fsp3) is 0.438. The van der Waals surface area contributed by atoms with E-state index in [2.05, 4.69) is 25.0 Å². The third kappa shape index (κ3) is 3.05. The molecule has 20 heavy (non-hydrogen) atoms. The summed E-state index contributed by atoms with van der Waals surface area (Å²) in [6.07, 6.45) is 0.911. The lowest BCUT2D eigenvalue weighted by Gasteiger charge is -2.15. The van der Waals surface area contributed by atoms with Crippen LogP contribution in [0.5, 0.6) is 0 Å². The highest BCUT2D eigenvalue weighted by atomic mass is 35.5. The van der Waals surface area contributed by atoms with Gasteiger partial charge in [-0.05, 0) is 43.5 Å². The molecule has 0 amide bonds. The van der Waals surface area contributed by atoms with Crippen molar-refractivity contribution in [2.45, 2.75) is 46.3 Å². The molecule has 0 aliphatic heterocycles. The number of hydrogen-bond donors (Lipinski definition) is 1. The molecule has 0 spiro atoms. The molecule has 1 aromatic heterocycles. The van der Waals surface area contributed by atoms with Crippen LogP contribution in [-0.2, 0) is 19.4 Å². The Bertz CT molecular complexity index is 592. The number of aromatic nitrogens is 2. The van der Waals surface area contributed by atoms with Crippen LogP contribution in [0.2, 0.25) is 5.02 Å². The van der Waals surface area contributed by atoms with E-state index in [0.717, 1.165) is 35.5 Å². The maximum absolute atomic E-state index is 10.5. The summed E-state index contributed by atoms with van der Waals surface area (Å²) in [6.45, 7) is 6.91. The van der Waals surface area contributed by atoms with Gasteiger partial charge in [-0.15, -0.1) is 0 Å². The zero-order valence-corrected chi connectivity index (χ0v) is 13.0. The smallest absolute Gasteiger partial charge is 0.0848 e. The summed E-state index contributed by atoms with van der Waals surface area (Å²) in [6, 6.07) is 7.73. The van der Waals surface area contributed by atoms with Crippen LogP contribution in [0.25, 0.3) is 0 Å². The highest BCUT2D eigenvalue weighted by Gasteiger charge is 2.16. The number of rotatable bonds is 5. The van der Waals surface area contributed by atoms with E-state index in [1.54, 1.807) is 0 Å². The topological polar surface area (TPSA) is 38.0 Å². The molecule has 0 saturated heterocycles. The number of aryl methyl sites for hydroxylation is 2. The maximum Gasteiger partial charge on any atom is 0.0848 e. The van der Waals surface area contributed by atoms with Crippen molar-refractivity contribution in [3.8, 4) is 0 Å². The molecule has 1 N–H and O–H groups in total. The Hall–Kier alpha value is -1.32. The Labute approximate surface area is 125 Å². The highest BCUT2D eigenvalue weighted by Crippen LogP contribution is 2.26. The van der Waals surface area contributed by atoms with Gasteiger partial charge in [0.15, 0.2) is 0 Å². The summed E-state index contributed by atoms with van der Waals surface area (Å²) in [4.78, 5) is 0. The van der Waals surface area contributed by atoms with E-state index in [-0.39, 0.29) is 0 Å². The Morgan fingerprint density at radius 1 is 1.35 bits per heavy atom. The molecule has 2 rings (SSSR count). The molecule has 0 fully saturated rings. The first-order valence-electron chi connectivity index (χ1n) is 7.05. The molecule has 0 radical (unpaired) electrons. The van der Waals surface area contributed by atoms with Crippen LogP contribution in [0.1, 0.15) is 42.5 Å². The standard InChI is InChI=1S/C16H21ClN2O/c1-4-12-9-13(19(5-2)18-12)10-16(20)14-7-6-8-15(17)11(14)3/h6-9,16,20H,4-5,10H2,1-3H3. The van der Waals surface area contributed by atoms with E-state index < -0.39 is 6.10 Å². The normalized spacial score (nSPS) is 12.7. The minimum atomic E-state index is -0.555. The van der Waals surface area contributed by atoms with Gasteiger partial charge in [-0.2, -0.15) is 5.10 Å². The van der Waals surface area contributed by atoms with E-state index in [0.29, 0.717) is 11.4 Å². The van der Waals surface area contributed by atoms with Gasteiger partial charge in [-0.25, -0.2) is 0 Å². The molecular weight excluding hydrogens is 272 g/mol. The van der Waals surface area contributed by atoms with Crippen LogP contribution < -0.4 is 0 Å². The molecule has 0 aliphatic carbocycles. The monoisotopic (exact) mass is 292 g/mol. The number of aliphatic hydroxyl groups excluding tert-OH is 1. The molecule has 2 aromatic rings. The Kier molecular flexibility index (Phi) is 4.84. The molecule has 0 saturated carbocycles. The first-order chi connectivity index (χ1) is 9.56. The van der Waals surface area contributed by atoms with Gasteiger partial charge in [0, 0.05) is 23.7 Å². The third-order valence-electron chi connectivity index (χ3n) is 3.65. The highest BCUT2D eigenvalue weighted by molar-refractivity contribution is 6.31. The molecule has 0 aliphatic rings. The lowest BCUT2D eigenvalue weighted by Crippen LogP contribution is -2.09. The molecule has 1 unspecified atom stereocenters. The molecular formula is C16H21ClN2O. The number of hydrogen-bond acceptors (Lipinski definition) is 2. The van der Waals surface area contributed by atoms with E-state index in [9.17, 15) is 5.11 Å². The predicted molar refractivity (Wildman–Crippen MR) is 82.1 cm³/mol. The third-order valence-corrected chi connectivity index (χ3v) is 4.06. The van der Waals surface area contributed by atoms with Gasteiger partial charge in [0.2, 0.25) is 0 Å². The first-order valence-corrected chi connectivity index (χ1v) is 7.43. The second kappa shape index (κ2) is 6.42. The average molecular weight is 293 g/mol. The van der Waals surface area contributed by atoms with Crippen molar-refractivity contribution in [3.05, 3.63) is 51.8 Å². The quantitative estimate of drug-likeness (QED) is 0.912. The van der Waals surface area contributed by atoms with Gasteiger partial charge in [0.25, 0.3) is 0 Å². The van der Waals surface area contributed by atoms with Crippen LogP contribution in [-0.4, -0.2) is 14.9 Å². The Morgan fingerprint density at radius 3 is 2.75 bits per heavy atom. The molecule has 1 heterocycles. The van der Waals surface area contributed by atoms with Crippen molar-refractivity contribution in [3.63, 3.8) is 0 Å². The molecule has 1 aromatic carbocycles. The lowest BCUT2D eigenvalue weighted by atomic mass is 10.00. The molecule has 3 nitrogen and oxygen atoms in total. The van der Waals surface area contributed by atoms with Crippen LogP contribution in [0.15, 0.2) is 24.3 Å². The lowest BCUT2D eigenvalue weighted by molar-refractivity contribution is 0.174. The largest absolute Gasteiger partial charge is 0.388 e. The van der Waals surface area contributed by atoms with E-state index in [1.807, 2.05) is 29.8 Å². The number of nitrogens with zero attached hydrogens (tertiary/aromatic N) is 2. The van der Waals surface area contributed by atoms with Gasteiger partial charge in [-0.3, -0.25) is 4.68 Å².